The maximum atomic E-state index is 13.4. The Morgan fingerprint density at radius 3 is 2.79 bits per heavy atom. The molecular weight excluding hydrogens is 424 g/mol. The summed E-state index contributed by atoms with van der Waals surface area (Å²) in [4.78, 5) is 35.2. The number of halogens is 1. The Balaban J connectivity index is 1.65. The number of methoxy groups -OCH3 is 1. The van der Waals surface area contributed by atoms with Crippen LogP contribution >= 0.6 is 15.9 Å². The number of alkyl carbamates (subject to hydrolysis) is 1. The number of aromatic nitrogens is 2. The average molecular weight is 449 g/mol. The lowest BCUT2D eigenvalue weighted by molar-refractivity contribution is -0.135. The number of benzene rings is 1. The molecule has 2 heterocycles. The van der Waals surface area contributed by atoms with Crippen molar-refractivity contribution in [2.24, 2.45) is 11.3 Å². The minimum Gasteiger partial charge on any atom is -0.453 e. The van der Waals surface area contributed by atoms with Gasteiger partial charge in [-0.25, -0.2) is 9.78 Å². The summed E-state index contributed by atoms with van der Waals surface area (Å²) in [5, 5.41) is 2.71. The Labute approximate surface area is 172 Å². The van der Waals surface area contributed by atoms with E-state index in [4.69, 9.17) is 9.72 Å². The van der Waals surface area contributed by atoms with Crippen molar-refractivity contribution in [1.29, 1.82) is 0 Å². The standard InChI is InChI=1S/C20H25BrN4O3/c1-11(2)16(24-19(27)28-3)18(26)25-10-20(6-7-20)9-15(25)17-22-13-5-4-12(21)8-14(13)23-17/h4-5,8,11,15-16H,6-7,9-10H2,1-3H3,(H,22,23)(H,24,27)/t15-,16?/m0/s1. The SMILES string of the molecule is COC(=O)NC(C(=O)N1CC2(CC2)C[C@H]1c1nc2cc(Br)ccc2[nH]1)C(C)C. The van der Waals surface area contributed by atoms with Gasteiger partial charge in [0.2, 0.25) is 5.91 Å². The minimum atomic E-state index is -0.623. The van der Waals surface area contributed by atoms with Crippen LogP contribution in [0, 0.1) is 11.3 Å². The molecule has 0 bridgehead atoms. The lowest BCUT2D eigenvalue weighted by Gasteiger charge is -2.30. The van der Waals surface area contributed by atoms with Crippen LogP contribution in [0.2, 0.25) is 0 Å². The Hall–Kier alpha value is -2.09. The summed E-state index contributed by atoms with van der Waals surface area (Å²) in [5.41, 5.74) is 2.03. The number of carbonyl (C=O) groups excluding carboxylic acids is 2. The number of amides is 2. The summed E-state index contributed by atoms with van der Waals surface area (Å²) in [6, 6.07) is 5.20. The van der Waals surface area contributed by atoms with Crippen LogP contribution in [0.3, 0.4) is 0 Å². The number of rotatable bonds is 4. The van der Waals surface area contributed by atoms with Gasteiger partial charge in [0.05, 0.1) is 24.2 Å². The van der Waals surface area contributed by atoms with E-state index in [1.54, 1.807) is 0 Å². The van der Waals surface area contributed by atoms with Crippen LogP contribution < -0.4 is 5.32 Å². The number of carbonyl (C=O) groups is 2. The first-order chi connectivity index (χ1) is 13.3. The van der Waals surface area contributed by atoms with Gasteiger partial charge in [-0.2, -0.15) is 0 Å². The number of H-pyrrole nitrogens is 1. The molecule has 1 aliphatic carbocycles. The van der Waals surface area contributed by atoms with Crippen molar-refractivity contribution < 1.29 is 14.3 Å². The molecule has 1 aromatic heterocycles. The molecule has 4 rings (SSSR count). The zero-order valence-corrected chi connectivity index (χ0v) is 17.9. The number of hydrogen-bond acceptors (Lipinski definition) is 4. The smallest absolute Gasteiger partial charge is 0.407 e. The first-order valence-corrected chi connectivity index (χ1v) is 10.4. The van der Waals surface area contributed by atoms with Crippen molar-refractivity contribution in [3.8, 4) is 0 Å². The summed E-state index contributed by atoms with van der Waals surface area (Å²) in [6.07, 6.45) is 2.59. The number of likely N-dealkylation sites (tertiary alicyclic amines) is 1. The summed E-state index contributed by atoms with van der Waals surface area (Å²) in [6.45, 7) is 4.56. The molecule has 1 aromatic carbocycles. The Morgan fingerprint density at radius 2 is 2.14 bits per heavy atom. The van der Waals surface area contributed by atoms with Gasteiger partial charge in [0.25, 0.3) is 0 Å². The fourth-order valence-electron chi connectivity index (χ4n) is 4.11. The largest absolute Gasteiger partial charge is 0.453 e. The zero-order chi connectivity index (χ0) is 20.1. The second-order valence-electron chi connectivity index (χ2n) is 8.33. The average Bonchev–Trinajstić information content (AvgIpc) is 3.11. The zero-order valence-electron chi connectivity index (χ0n) is 16.3. The second kappa shape index (κ2) is 7.06. The van der Waals surface area contributed by atoms with E-state index in [2.05, 4.69) is 26.2 Å². The molecule has 2 aromatic rings. The van der Waals surface area contributed by atoms with Crippen molar-refractivity contribution in [1.82, 2.24) is 20.2 Å². The molecule has 1 saturated carbocycles. The van der Waals surface area contributed by atoms with Crippen LogP contribution in [0.5, 0.6) is 0 Å². The molecule has 1 spiro atoms. The van der Waals surface area contributed by atoms with E-state index in [-0.39, 0.29) is 23.3 Å². The molecule has 2 fully saturated rings. The topological polar surface area (TPSA) is 87.3 Å². The summed E-state index contributed by atoms with van der Waals surface area (Å²) >= 11 is 3.48. The van der Waals surface area contributed by atoms with Gasteiger partial charge in [-0.1, -0.05) is 29.8 Å². The fraction of sp³-hybridized carbons (Fsp3) is 0.550. The van der Waals surface area contributed by atoms with Crippen molar-refractivity contribution in [3.63, 3.8) is 0 Å². The molecule has 8 heteroatoms. The van der Waals surface area contributed by atoms with E-state index >= 15 is 0 Å². The molecular formula is C20H25BrN4O3. The number of fused-ring (bicyclic) bond motifs is 1. The third kappa shape index (κ3) is 3.50. The molecule has 1 unspecified atom stereocenters. The van der Waals surface area contributed by atoms with E-state index in [0.29, 0.717) is 6.54 Å². The highest BCUT2D eigenvalue weighted by atomic mass is 79.9. The predicted octanol–water partition coefficient (Wildman–Crippen LogP) is 3.76. The van der Waals surface area contributed by atoms with Gasteiger partial charge in [0.15, 0.2) is 0 Å². The molecule has 2 atom stereocenters. The van der Waals surface area contributed by atoms with Gasteiger partial charge in [-0.05, 0) is 48.8 Å². The minimum absolute atomic E-state index is 0.0466. The normalized spacial score (nSPS) is 21.3. The van der Waals surface area contributed by atoms with Gasteiger partial charge in [0, 0.05) is 11.0 Å². The third-order valence-electron chi connectivity index (χ3n) is 5.92. The highest BCUT2D eigenvalue weighted by molar-refractivity contribution is 9.10. The number of nitrogens with one attached hydrogen (secondary N) is 2. The number of hydrogen-bond donors (Lipinski definition) is 2. The van der Waals surface area contributed by atoms with Crippen LogP contribution in [-0.2, 0) is 9.53 Å². The molecule has 28 heavy (non-hydrogen) atoms. The number of imidazole rings is 1. The lowest BCUT2D eigenvalue weighted by atomic mass is 10.0. The molecule has 150 valence electrons. The van der Waals surface area contributed by atoms with Crippen LogP contribution in [0.1, 0.15) is 45.0 Å². The summed E-state index contributed by atoms with van der Waals surface area (Å²) in [7, 11) is 1.31. The monoisotopic (exact) mass is 448 g/mol. The number of aromatic amines is 1. The van der Waals surface area contributed by atoms with Gasteiger partial charge in [0.1, 0.15) is 11.9 Å². The van der Waals surface area contributed by atoms with E-state index in [1.165, 1.54) is 7.11 Å². The maximum Gasteiger partial charge on any atom is 0.407 e. The van der Waals surface area contributed by atoms with E-state index in [1.807, 2.05) is 36.9 Å². The summed E-state index contributed by atoms with van der Waals surface area (Å²) < 4.78 is 5.69. The molecule has 2 aliphatic rings. The Morgan fingerprint density at radius 1 is 1.39 bits per heavy atom. The maximum absolute atomic E-state index is 13.4. The van der Waals surface area contributed by atoms with Crippen LogP contribution in [0.15, 0.2) is 22.7 Å². The highest BCUT2D eigenvalue weighted by Gasteiger charge is 2.55. The van der Waals surface area contributed by atoms with Crippen LogP contribution in [0.4, 0.5) is 4.79 Å². The van der Waals surface area contributed by atoms with Crippen LogP contribution in [-0.4, -0.2) is 46.6 Å². The Kier molecular flexibility index (Phi) is 4.85. The Bertz CT molecular complexity index is 921. The fourth-order valence-corrected chi connectivity index (χ4v) is 4.45. The molecule has 2 N–H and O–H groups in total. The van der Waals surface area contributed by atoms with Crippen molar-refractivity contribution >= 4 is 39.0 Å². The quantitative estimate of drug-likeness (QED) is 0.744. The first-order valence-electron chi connectivity index (χ1n) is 9.62. The van der Waals surface area contributed by atoms with Gasteiger partial charge in [-0.15, -0.1) is 0 Å². The molecule has 7 nitrogen and oxygen atoms in total. The van der Waals surface area contributed by atoms with Gasteiger partial charge < -0.3 is 19.9 Å². The predicted molar refractivity (Wildman–Crippen MR) is 109 cm³/mol. The van der Waals surface area contributed by atoms with Crippen molar-refractivity contribution in [2.45, 2.75) is 45.2 Å². The second-order valence-corrected chi connectivity index (χ2v) is 9.24. The third-order valence-corrected chi connectivity index (χ3v) is 6.41. The van der Waals surface area contributed by atoms with Gasteiger partial charge >= 0.3 is 6.09 Å². The van der Waals surface area contributed by atoms with E-state index < -0.39 is 12.1 Å². The molecule has 1 saturated heterocycles. The molecule has 1 aliphatic heterocycles. The number of nitrogens with zero attached hydrogens (tertiary/aromatic N) is 2. The molecule has 2 amide bonds. The van der Waals surface area contributed by atoms with E-state index in [9.17, 15) is 9.59 Å². The molecule has 0 radical (unpaired) electrons. The highest BCUT2D eigenvalue weighted by Crippen LogP contribution is 2.58. The van der Waals surface area contributed by atoms with Crippen molar-refractivity contribution in [2.75, 3.05) is 13.7 Å². The number of ether oxygens (including phenoxy) is 1. The van der Waals surface area contributed by atoms with Crippen molar-refractivity contribution in [3.05, 3.63) is 28.5 Å². The first kappa shape index (κ1) is 19.2. The lowest BCUT2D eigenvalue weighted by Crippen LogP contribution is -2.51. The van der Waals surface area contributed by atoms with E-state index in [0.717, 1.165) is 40.6 Å². The van der Waals surface area contributed by atoms with Gasteiger partial charge in [-0.3, -0.25) is 4.79 Å². The summed E-state index contributed by atoms with van der Waals surface area (Å²) in [5.74, 6) is 0.691. The van der Waals surface area contributed by atoms with Crippen LogP contribution in [0.25, 0.3) is 11.0 Å².